The molecule has 0 aromatic carbocycles. The fourth-order valence-corrected chi connectivity index (χ4v) is 3.47. The number of carbonyl (C=O) groups excluding carboxylic acids is 1. The lowest BCUT2D eigenvalue weighted by atomic mass is 10.2. The van der Waals surface area contributed by atoms with E-state index in [0.717, 1.165) is 50.8 Å². The van der Waals surface area contributed by atoms with Crippen LogP contribution in [0.5, 0.6) is 0 Å². The van der Waals surface area contributed by atoms with E-state index in [2.05, 4.69) is 24.8 Å². The quantitative estimate of drug-likeness (QED) is 0.794. The zero-order valence-electron chi connectivity index (χ0n) is 16.9. The Labute approximate surface area is 161 Å². The van der Waals surface area contributed by atoms with Crippen LogP contribution in [0.1, 0.15) is 39.4 Å². The summed E-state index contributed by atoms with van der Waals surface area (Å²) in [5.41, 5.74) is -0.456. The van der Waals surface area contributed by atoms with Gasteiger partial charge in [-0.2, -0.15) is 0 Å². The normalized spacial score (nSPS) is 19.7. The smallest absolute Gasteiger partial charge is 0.410 e. The van der Waals surface area contributed by atoms with Crippen LogP contribution < -0.4 is 5.32 Å². The summed E-state index contributed by atoms with van der Waals surface area (Å²) in [6, 6.07) is 0.252. The second-order valence-electron chi connectivity index (χ2n) is 8.24. The number of nitrogens with zero attached hydrogens (tertiary/aromatic N) is 5. The summed E-state index contributed by atoms with van der Waals surface area (Å²) in [6.07, 6.45) is 5.83. The molecule has 8 nitrogen and oxygen atoms in total. The Bertz CT molecular complexity index is 678. The van der Waals surface area contributed by atoms with Crippen LogP contribution in [-0.2, 0) is 11.3 Å². The maximum Gasteiger partial charge on any atom is 0.410 e. The van der Waals surface area contributed by atoms with E-state index in [0.29, 0.717) is 13.1 Å². The number of imidazole rings is 1. The maximum atomic E-state index is 12.3. The maximum absolute atomic E-state index is 12.3. The number of ether oxygens (including phenoxy) is 1. The molecule has 27 heavy (non-hydrogen) atoms. The fraction of sp³-hybridized carbons (Fsp3) is 0.737. The number of unbranched alkanes of at least 4 members (excludes halogenated alkanes) is 1. The number of hydrogen-bond acceptors (Lipinski definition) is 6. The lowest BCUT2D eigenvalue weighted by Crippen LogP contribution is -2.57. The monoisotopic (exact) mass is 376 g/mol. The number of fused-ring (bicyclic) bond motifs is 1. The van der Waals surface area contributed by atoms with Crippen LogP contribution in [0.15, 0.2) is 17.4 Å². The van der Waals surface area contributed by atoms with Gasteiger partial charge in [-0.25, -0.2) is 9.78 Å². The Morgan fingerprint density at radius 2 is 2.15 bits per heavy atom. The van der Waals surface area contributed by atoms with E-state index in [9.17, 15) is 4.79 Å². The molecule has 1 amide bonds. The van der Waals surface area contributed by atoms with Crippen LogP contribution in [0.4, 0.5) is 4.79 Å². The molecule has 150 valence electrons. The molecule has 1 saturated heterocycles. The molecule has 3 heterocycles. The molecule has 2 aliphatic rings. The molecular weight excluding hydrogens is 344 g/mol. The van der Waals surface area contributed by atoms with Crippen molar-refractivity contribution in [3.05, 3.63) is 18.2 Å². The summed E-state index contributed by atoms with van der Waals surface area (Å²) in [5.74, 6) is 2.04. The van der Waals surface area contributed by atoms with Gasteiger partial charge in [-0.3, -0.25) is 4.99 Å². The molecule has 8 heteroatoms. The molecule has 0 aliphatic carbocycles. The first-order valence-electron chi connectivity index (χ1n) is 9.84. The van der Waals surface area contributed by atoms with E-state index in [4.69, 9.17) is 4.74 Å². The number of hydrogen-bond donors (Lipinski definition) is 1. The minimum atomic E-state index is -0.456. The number of rotatable bonds is 5. The lowest BCUT2D eigenvalue weighted by Gasteiger charge is -2.39. The van der Waals surface area contributed by atoms with Gasteiger partial charge < -0.3 is 24.4 Å². The summed E-state index contributed by atoms with van der Waals surface area (Å²) >= 11 is 0. The molecule has 0 radical (unpaired) electrons. The standard InChI is InChI=1S/C19H32N6O2/c1-15-20-8-10-23(15)9-6-5-7-21-17-22-13-16-14-24(11-12-25(16)17)18(26)27-19(2,3)4/h8,10,16H,5-7,9,11-14H2,1-4H3,(H,21,22). The number of nitrogens with one attached hydrogen (secondary N) is 1. The second kappa shape index (κ2) is 8.19. The summed E-state index contributed by atoms with van der Waals surface area (Å²) in [5, 5.41) is 3.47. The first-order valence-corrected chi connectivity index (χ1v) is 9.84. The van der Waals surface area contributed by atoms with Crippen molar-refractivity contribution in [1.82, 2.24) is 24.7 Å². The van der Waals surface area contributed by atoms with Crippen molar-refractivity contribution in [2.45, 2.75) is 58.7 Å². The van der Waals surface area contributed by atoms with Crippen molar-refractivity contribution < 1.29 is 9.53 Å². The van der Waals surface area contributed by atoms with E-state index in [1.54, 1.807) is 4.90 Å². The Morgan fingerprint density at radius 1 is 1.33 bits per heavy atom. The molecule has 1 N–H and O–H groups in total. The molecule has 2 aliphatic heterocycles. The van der Waals surface area contributed by atoms with E-state index >= 15 is 0 Å². The number of carbonyl (C=O) groups is 1. The van der Waals surface area contributed by atoms with Crippen molar-refractivity contribution in [2.75, 3.05) is 32.7 Å². The molecule has 1 atom stereocenters. The number of aryl methyl sites for hydroxylation is 2. The molecule has 1 unspecified atom stereocenters. The first-order chi connectivity index (χ1) is 12.8. The van der Waals surface area contributed by atoms with Crippen LogP contribution in [0, 0.1) is 6.92 Å². The highest BCUT2D eigenvalue weighted by Gasteiger charge is 2.36. The lowest BCUT2D eigenvalue weighted by molar-refractivity contribution is 0.0137. The molecular formula is C19H32N6O2. The van der Waals surface area contributed by atoms with Crippen molar-refractivity contribution in [3.63, 3.8) is 0 Å². The van der Waals surface area contributed by atoms with Gasteiger partial charge in [0.1, 0.15) is 11.4 Å². The van der Waals surface area contributed by atoms with Crippen molar-refractivity contribution >= 4 is 12.1 Å². The van der Waals surface area contributed by atoms with Gasteiger partial charge in [0.25, 0.3) is 0 Å². The minimum absolute atomic E-state index is 0.224. The largest absolute Gasteiger partial charge is 0.444 e. The van der Waals surface area contributed by atoms with Crippen LogP contribution in [0.2, 0.25) is 0 Å². The van der Waals surface area contributed by atoms with Crippen LogP contribution in [0.25, 0.3) is 0 Å². The average molecular weight is 377 g/mol. The van der Waals surface area contributed by atoms with E-state index in [1.165, 1.54) is 0 Å². The van der Waals surface area contributed by atoms with Crippen LogP contribution in [0.3, 0.4) is 0 Å². The Hall–Kier alpha value is -2.25. The molecule has 0 spiro atoms. The Morgan fingerprint density at radius 3 is 2.85 bits per heavy atom. The third-order valence-electron chi connectivity index (χ3n) is 4.89. The predicted molar refractivity (Wildman–Crippen MR) is 105 cm³/mol. The van der Waals surface area contributed by atoms with Gasteiger partial charge in [0, 0.05) is 45.1 Å². The number of aliphatic imine (C=N–C) groups is 1. The van der Waals surface area contributed by atoms with Crippen molar-refractivity contribution in [3.8, 4) is 0 Å². The van der Waals surface area contributed by atoms with E-state index in [1.807, 2.05) is 40.1 Å². The predicted octanol–water partition coefficient (Wildman–Crippen LogP) is 1.85. The first kappa shape index (κ1) is 19.5. The topological polar surface area (TPSA) is 75.0 Å². The molecule has 1 aromatic rings. The summed E-state index contributed by atoms with van der Waals surface area (Å²) in [4.78, 5) is 25.3. The van der Waals surface area contributed by atoms with Crippen LogP contribution >= 0.6 is 0 Å². The van der Waals surface area contributed by atoms with Gasteiger partial charge in [-0.05, 0) is 40.5 Å². The highest BCUT2D eigenvalue weighted by Crippen LogP contribution is 2.18. The molecule has 0 bridgehead atoms. The molecule has 1 fully saturated rings. The third-order valence-corrected chi connectivity index (χ3v) is 4.89. The molecule has 1 aromatic heterocycles. The van der Waals surface area contributed by atoms with E-state index in [-0.39, 0.29) is 12.1 Å². The number of amides is 1. The van der Waals surface area contributed by atoms with E-state index < -0.39 is 5.60 Å². The summed E-state index contributed by atoms with van der Waals surface area (Å²) in [7, 11) is 0. The van der Waals surface area contributed by atoms with Crippen molar-refractivity contribution in [1.29, 1.82) is 0 Å². The zero-order chi connectivity index (χ0) is 19.4. The van der Waals surface area contributed by atoms with Gasteiger partial charge in [0.2, 0.25) is 0 Å². The highest BCUT2D eigenvalue weighted by molar-refractivity contribution is 5.82. The average Bonchev–Trinajstić information content (AvgIpc) is 3.19. The number of guanidine groups is 1. The Balaban J connectivity index is 1.37. The van der Waals surface area contributed by atoms with Gasteiger partial charge in [-0.1, -0.05) is 0 Å². The Kier molecular flexibility index (Phi) is 5.92. The van der Waals surface area contributed by atoms with Gasteiger partial charge in [-0.15, -0.1) is 0 Å². The zero-order valence-corrected chi connectivity index (χ0v) is 16.9. The van der Waals surface area contributed by atoms with Crippen molar-refractivity contribution in [2.24, 2.45) is 4.99 Å². The second-order valence-corrected chi connectivity index (χ2v) is 8.24. The summed E-state index contributed by atoms with van der Waals surface area (Å²) in [6.45, 7) is 12.5. The van der Waals surface area contributed by atoms with Gasteiger partial charge in [0.15, 0.2) is 5.96 Å². The highest BCUT2D eigenvalue weighted by atomic mass is 16.6. The molecule has 3 rings (SSSR count). The van der Waals surface area contributed by atoms with Crippen LogP contribution in [-0.4, -0.2) is 75.8 Å². The third kappa shape index (κ3) is 5.14. The number of aromatic nitrogens is 2. The van der Waals surface area contributed by atoms with Gasteiger partial charge >= 0.3 is 6.09 Å². The number of piperazine rings is 1. The molecule has 0 saturated carbocycles. The SMILES string of the molecule is Cc1nccn1CCCCNC1=NCC2CN(C(=O)OC(C)(C)C)CCN12. The van der Waals surface area contributed by atoms with Gasteiger partial charge in [0.05, 0.1) is 12.6 Å². The minimum Gasteiger partial charge on any atom is -0.444 e. The fourth-order valence-electron chi connectivity index (χ4n) is 3.47. The summed E-state index contributed by atoms with van der Waals surface area (Å²) < 4.78 is 7.67.